The third-order valence-corrected chi connectivity index (χ3v) is 5.53. The first-order valence-electron chi connectivity index (χ1n) is 7.53. The second kappa shape index (κ2) is 9.02. The first-order chi connectivity index (χ1) is 11.1. The molecule has 1 aliphatic rings. The minimum Gasteiger partial charge on any atom is -0.351 e. The molecule has 130 valence electrons. The van der Waals surface area contributed by atoms with Gasteiger partial charge in [-0.05, 0) is 44.0 Å². The summed E-state index contributed by atoms with van der Waals surface area (Å²) in [5, 5.41) is 9.78. The van der Waals surface area contributed by atoms with E-state index in [0.717, 1.165) is 30.1 Å². The molecule has 8 heteroatoms. The number of aromatic nitrogens is 1. The maximum Gasteiger partial charge on any atom is 0.270 e. The van der Waals surface area contributed by atoms with Gasteiger partial charge in [-0.25, -0.2) is 4.98 Å². The predicted molar refractivity (Wildman–Crippen MR) is 103 cm³/mol. The number of hydrogen-bond donors (Lipinski definition) is 2. The molecule has 1 amide bonds. The fraction of sp³-hybridized carbons (Fsp3) is 0.375. The van der Waals surface area contributed by atoms with Gasteiger partial charge in [0.05, 0.1) is 10.0 Å². The van der Waals surface area contributed by atoms with Crippen molar-refractivity contribution in [3.05, 3.63) is 39.3 Å². The molecule has 2 aromatic rings. The predicted octanol–water partition coefficient (Wildman–Crippen LogP) is 4.27. The molecule has 2 heterocycles. The van der Waals surface area contributed by atoms with Crippen LogP contribution in [0.3, 0.4) is 0 Å². The van der Waals surface area contributed by atoms with Crippen molar-refractivity contribution < 1.29 is 4.79 Å². The van der Waals surface area contributed by atoms with Gasteiger partial charge in [-0.3, -0.25) is 4.79 Å². The van der Waals surface area contributed by atoms with Crippen molar-refractivity contribution in [3.63, 3.8) is 0 Å². The van der Waals surface area contributed by atoms with Crippen LogP contribution in [0.5, 0.6) is 0 Å². The molecule has 1 saturated heterocycles. The molecule has 1 unspecified atom stereocenters. The van der Waals surface area contributed by atoms with Gasteiger partial charge < -0.3 is 10.6 Å². The fourth-order valence-electron chi connectivity index (χ4n) is 2.58. The lowest BCUT2D eigenvalue weighted by molar-refractivity contribution is 0.0947. The van der Waals surface area contributed by atoms with Crippen molar-refractivity contribution in [1.29, 1.82) is 0 Å². The maximum atomic E-state index is 12.2. The van der Waals surface area contributed by atoms with Crippen LogP contribution in [0.2, 0.25) is 10.0 Å². The Balaban J connectivity index is 0.00000208. The highest BCUT2D eigenvalue weighted by Gasteiger charge is 2.16. The molecular weight excluding hydrogens is 389 g/mol. The van der Waals surface area contributed by atoms with Gasteiger partial charge in [0, 0.05) is 17.5 Å². The molecule has 0 bridgehead atoms. The Bertz CT molecular complexity index is 702. The molecular formula is C16H18Cl3N3OS. The van der Waals surface area contributed by atoms with E-state index < -0.39 is 0 Å². The first-order valence-corrected chi connectivity index (χ1v) is 9.17. The van der Waals surface area contributed by atoms with Crippen LogP contribution in [0, 0.1) is 5.92 Å². The van der Waals surface area contributed by atoms with Gasteiger partial charge in [-0.1, -0.05) is 29.3 Å². The highest BCUT2D eigenvalue weighted by atomic mass is 35.5. The summed E-state index contributed by atoms with van der Waals surface area (Å²) < 4.78 is 0. The lowest BCUT2D eigenvalue weighted by Crippen LogP contribution is -2.26. The number of nitrogens with zero attached hydrogens (tertiary/aromatic N) is 1. The molecule has 0 aliphatic carbocycles. The van der Waals surface area contributed by atoms with Crippen LogP contribution in [0.25, 0.3) is 10.6 Å². The Morgan fingerprint density at radius 1 is 1.38 bits per heavy atom. The Kier molecular flexibility index (Phi) is 7.32. The van der Waals surface area contributed by atoms with E-state index in [4.69, 9.17) is 23.2 Å². The summed E-state index contributed by atoms with van der Waals surface area (Å²) in [6.07, 6.45) is 2.19. The SMILES string of the molecule is Cl.O=C(NCCC1CCNC1)c1csc(-c2ccc(Cl)c(Cl)c2)n1. The summed E-state index contributed by atoms with van der Waals surface area (Å²) in [4.78, 5) is 16.5. The van der Waals surface area contributed by atoms with Gasteiger partial charge in [-0.15, -0.1) is 23.7 Å². The highest BCUT2D eigenvalue weighted by Crippen LogP contribution is 2.30. The Hall–Kier alpha value is -0.850. The van der Waals surface area contributed by atoms with E-state index in [1.54, 1.807) is 17.5 Å². The number of carbonyl (C=O) groups excluding carboxylic acids is 1. The molecule has 1 aromatic carbocycles. The van der Waals surface area contributed by atoms with Crippen LogP contribution >= 0.6 is 46.9 Å². The minimum absolute atomic E-state index is 0. The van der Waals surface area contributed by atoms with E-state index in [-0.39, 0.29) is 18.3 Å². The van der Waals surface area contributed by atoms with E-state index in [1.165, 1.54) is 17.8 Å². The maximum absolute atomic E-state index is 12.2. The molecule has 24 heavy (non-hydrogen) atoms. The Labute approximate surface area is 161 Å². The van der Waals surface area contributed by atoms with Gasteiger partial charge in [-0.2, -0.15) is 0 Å². The molecule has 0 spiro atoms. The van der Waals surface area contributed by atoms with Crippen LogP contribution in [0.4, 0.5) is 0 Å². The third kappa shape index (κ3) is 4.83. The van der Waals surface area contributed by atoms with E-state index in [0.29, 0.717) is 28.2 Å². The number of hydrogen-bond acceptors (Lipinski definition) is 4. The first kappa shape index (κ1) is 19.5. The van der Waals surface area contributed by atoms with Crippen molar-refractivity contribution in [2.45, 2.75) is 12.8 Å². The number of carbonyl (C=O) groups is 1. The molecule has 0 saturated carbocycles. The molecule has 1 fully saturated rings. The van der Waals surface area contributed by atoms with Gasteiger partial charge in [0.1, 0.15) is 10.7 Å². The van der Waals surface area contributed by atoms with Crippen molar-refractivity contribution >= 4 is 52.9 Å². The summed E-state index contributed by atoms with van der Waals surface area (Å²) in [5.41, 5.74) is 1.31. The Morgan fingerprint density at radius 3 is 2.92 bits per heavy atom. The minimum atomic E-state index is -0.126. The average Bonchev–Trinajstić information content (AvgIpc) is 3.21. The summed E-state index contributed by atoms with van der Waals surface area (Å²) in [6.45, 7) is 2.82. The zero-order valence-corrected chi connectivity index (χ0v) is 16.0. The molecule has 3 rings (SSSR count). The van der Waals surface area contributed by atoms with Crippen molar-refractivity contribution in [3.8, 4) is 10.6 Å². The van der Waals surface area contributed by atoms with Crippen molar-refractivity contribution in [2.24, 2.45) is 5.92 Å². The number of rotatable bonds is 5. The van der Waals surface area contributed by atoms with E-state index >= 15 is 0 Å². The van der Waals surface area contributed by atoms with Gasteiger partial charge in [0.15, 0.2) is 0 Å². The lowest BCUT2D eigenvalue weighted by Gasteiger charge is -2.08. The van der Waals surface area contributed by atoms with Crippen molar-refractivity contribution in [1.82, 2.24) is 15.6 Å². The zero-order valence-electron chi connectivity index (χ0n) is 12.9. The quantitative estimate of drug-likeness (QED) is 0.779. The number of halogens is 3. The average molecular weight is 407 g/mol. The smallest absolute Gasteiger partial charge is 0.270 e. The van der Waals surface area contributed by atoms with Crippen LogP contribution in [-0.2, 0) is 0 Å². The lowest BCUT2D eigenvalue weighted by atomic mass is 10.1. The largest absolute Gasteiger partial charge is 0.351 e. The van der Waals surface area contributed by atoms with E-state index in [9.17, 15) is 4.79 Å². The van der Waals surface area contributed by atoms with Crippen LogP contribution in [0.1, 0.15) is 23.3 Å². The normalized spacial score (nSPS) is 16.7. The molecule has 1 aromatic heterocycles. The molecule has 4 nitrogen and oxygen atoms in total. The second-order valence-corrected chi connectivity index (χ2v) is 7.24. The third-order valence-electron chi connectivity index (χ3n) is 3.90. The summed E-state index contributed by atoms with van der Waals surface area (Å²) in [7, 11) is 0. The van der Waals surface area contributed by atoms with Crippen LogP contribution in [-0.4, -0.2) is 30.5 Å². The Morgan fingerprint density at radius 2 is 2.21 bits per heavy atom. The van der Waals surface area contributed by atoms with Gasteiger partial charge >= 0.3 is 0 Å². The van der Waals surface area contributed by atoms with Gasteiger partial charge in [0.25, 0.3) is 5.91 Å². The van der Waals surface area contributed by atoms with Gasteiger partial charge in [0.2, 0.25) is 0 Å². The molecule has 0 radical (unpaired) electrons. The van der Waals surface area contributed by atoms with Crippen LogP contribution in [0.15, 0.2) is 23.6 Å². The van der Waals surface area contributed by atoms with E-state index in [1.807, 2.05) is 6.07 Å². The van der Waals surface area contributed by atoms with E-state index in [2.05, 4.69) is 15.6 Å². The summed E-state index contributed by atoms with van der Waals surface area (Å²) >= 11 is 13.4. The highest BCUT2D eigenvalue weighted by molar-refractivity contribution is 7.13. The molecule has 2 N–H and O–H groups in total. The number of nitrogens with one attached hydrogen (secondary N) is 2. The topological polar surface area (TPSA) is 54.0 Å². The molecule has 1 aliphatic heterocycles. The van der Waals surface area contributed by atoms with Crippen LogP contribution < -0.4 is 10.6 Å². The number of amides is 1. The number of thiazole rings is 1. The summed E-state index contributed by atoms with van der Waals surface area (Å²) in [6, 6.07) is 5.34. The second-order valence-electron chi connectivity index (χ2n) is 5.57. The standard InChI is InChI=1S/C16H17Cl2N3OS.ClH/c17-12-2-1-11(7-13(12)18)16-21-14(9-23-16)15(22)20-6-4-10-3-5-19-8-10;/h1-2,7,9-10,19H,3-6,8H2,(H,20,22);1H. The molecule has 1 atom stereocenters. The monoisotopic (exact) mass is 405 g/mol. The summed E-state index contributed by atoms with van der Waals surface area (Å²) in [5.74, 6) is 0.538. The number of benzene rings is 1. The zero-order chi connectivity index (χ0) is 16.2. The fourth-order valence-corrected chi connectivity index (χ4v) is 3.68. The van der Waals surface area contributed by atoms with Crippen molar-refractivity contribution in [2.75, 3.05) is 19.6 Å².